The molecule has 0 aromatic heterocycles. The second-order valence-corrected chi connectivity index (χ2v) is 7.69. The zero-order valence-electron chi connectivity index (χ0n) is 13.7. The van der Waals surface area contributed by atoms with Gasteiger partial charge in [-0.3, -0.25) is 0 Å². The minimum atomic E-state index is -4.05. The third-order valence-electron chi connectivity index (χ3n) is 4.15. The van der Waals surface area contributed by atoms with E-state index in [9.17, 15) is 17.2 Å². The van der Waals surface area contributed by atoms with Gasteiger partial charge in [0, 0.05) is 45.0 Å². The van der Waals surface area contributed by atoms with Crippen LogP contribution in [-0.2, 0) is 9.84 Å². The Morgan fingerprint density at radius 3 is 2.28 bits per heavy atom. The van der Waals surface area contributed by atoms with Gasteiger partial charge in [-0.1, -0.05) is 0 Å². The summed E-state index contributed by atoms with van der Waals surface area (Å²) >= 11 is 0. The highest BCUT2D eigenvalue weighted by atomic mass is 32.2. The van der Waals surface area contributed by atoms with Gasteiger partial charge < -0.3 is 15.5 Å². The number of nitrogens with zero attached hydrogens (tertiary/aromatic N) is 1. The number of hydrogen-bond acceptors (Lipinski definition) is 5. The van der Waals surface area contributed by atoms with E-state index >= 15 is 0 Å². The van der Waals surface area contributed by atoms with Crippen LogP contribution in [0.25, 0.3) is 0 Å². The van der Waals surface area contributed by atoms with Crippen molar-refractivity contribution in [2.45, 2.75) is 9.79 Å². The molecule has 8 heteroatoms. The number of rotatable bonds is 4. The van der Waals surface area contributed by atoms with E-state index in [4.69, 9.17) is 0 Å². The number of nitrogens with one attached hydrogen (secondary N) is 2. The van der Waals surface area contributed by atoms with Crippen LogP contribution >= 0.6 is 0 Å². The highest BCUT2D eigenvalue weighted by Gasteiger charge is 2.24. The van der Waals surface area contributed by atoms with Crippen LogP contribution in [0.2, 0.25) is 0 Å². The van der Waals surface area contributed by atoms with Crippen LogP contribution in [0, 0.1) is 11.6 Å². The van der Waals surface area contributed by atoms with Gasteiger partial charge in [0.1, 0.15) is 11.6 Å². The van der Waals surface area contributed by atoms with Crippen molar-refractivity contribution in [1.82, 2.24) is 5.32 Å². The van der Waals surface area contributed by atoms with Crippen molar-refractivity contribution in [2.24, 2.45) is 0 Å². The van der Waals surface area contributed by atoms with Crippen LogP contribution in [-0.4, -0.2) is 41.6 Å². The molecule has 1 fully saturated rings. The summed E-state index contributed by atoms with van der Waals surface area (Å²) in [6.07, 6.45) is 0. The molecule has 2 aromatic rings. The predicted octanol–water partition coefficient (Wildman–Crippen LogP) is 2.25. The predicted molar refractivity (Wildman–Crippen MR) is 92.9 cm³/mol. The number of hydrogen-bond donors (Lipinski definition) is 2. The summed E-state index contributed by atoms with van der Waals surface area (Å²) in [7, 11) is -2.43. The molecule has 0 atom stereocenters. The average Bonchev–Trinajstić information content (AvgIpc) is 2.61. The Morgan fingerprint density at radius 1 is 1.04 bits per heavy atom. The molecule has 5 nitrogen and oxygen atoms in total. The summed E-state index contributed by atoms with van der Waals surface area (Å²) in [5, 5.41) is 6.13. The van der Waals surface area contributed by atoms with E-state index in [2.05, 4.69) is 15.5 Å². The van der Waals surface area contributed by atoms with E-state index in [1.54, 1.807) is 19.2 Å². The van der Waals surface area contributed by atoms with Gasteiger partial charge in [-0.2, -0.15) is 0 Å². The fraction of sp³-hybridized carbons (Fsp3) is 0.294. The molecule has 0 unspecified atom stereocenters. The van der Waals surface area contributed by atoms with Gasteiger partial charge in [-0.25, -0.2) is 17.2 Å². The Bertz CT molecular complexity index is 861. The minimum Gasteiger partial charge on any atom is -0.387 e. The monoisotopic (exact) mass is 367 g/mol. The fourth-order valence-corrected chi connectivity index (χ4v) is 4.37. The largest absolute Gasteiger partial charge is 0.387 e. The molecule has 0 bridgehead atoms. The van der Waals surface area contributed by atoms with Crippen molar-refractivity contribution in [2.75, 3.05) is 43.4 Å². The van der Waals surface area contributed by atoms with E-state index in [-0.39, 0.29) is 4.90 Å². The van der Waals surface area contributed by atoms with Crippen LogP contribution in [0.4, 0.5) is 20.2 Å². The number of anilines is 2. The lowest BCUT2D eigenvalue weighted by Crippen LogP contribution is -2.43. The normalized spacial score (nSPS) is 15.2. The van der Waals surface area contributed by atoms with Crippen LogP contribution in [0.1, 0.15) is 0 Å². The molecule has 1 aliphatic rings. The van der Waals surface area contributed by atoms with Crippen LogP contribution in [0.3, 0.4) is 0 Å². The highest BCUT2D eigenvalue weighted by molar-refractivity contribution is 7.91. The molecular weight excluding hydrogens is 348 g/mol. The molecule has 134 valence electrons. The van der Waals surface area contributed by atoms with Crippen LogP contribution in [0.15, 0.2) is 46.2 Å². The quantitative estimate of drug-likeness (QED) is 0.868. The Hall–Kier alpha value is -2.19. The van der Waals surface area contributed by atoms with Gasteiger partial charge in [0.05, 0.1) is 15.5 Å². The van der Waals surface area contributed by atoms with Gasteiger partial charge >= 0.3 is 0 Å². The van der Waals surface area contributed by atoms with E-state index in [0.29, 0.717) is 11.8 Å². The van der Waals surface area contributed by atoms with Crippen molar-refractivity contribution in [1.29, 1.82) is 0 Å². The molecule has 2 aromatic carbocycles. The van der Waals surface area contributed by atoms with Gasteiger partial charge in [0.15, 0.2) is 0 Å². The fourth-order valence-electron chi connectivity index (χ4n) is 2.88. The minimum absolute atomic E-state index is 0.0149. The summed E-state index contributed by atoms with van der Waals surface area (Å²) in [6.45, 7) is 3.36. The topological polar surface area (TPSA) is 61.4 Å². The summed E-state index contributed by atoms with van der Waals surface area (Å²) in [5.41, 5.74) is 1.29. The second kappa shape index (κ2) is 6.97. The molecular formula is C17H19F2N3O2S. The summed E-state index contributed by atoms with van der Waals surface area (Å²) in [5.74, 6) is -1.86. The van der Waals surface area contributed by atoms with E-state index < -0.39 is 26.4 Å². The maximum Gasteiger partial charge on any atom is 0.208 e. The number of benzene rings is 2. The first-order valence-electron chi connectivity index (χ1n) is 7.90. The molecule has 0 radical (unpaired) electrons. The van der Waals surface area contributed by atoms with Gasteiger partial charge in [-0.15, -0.1) is 0 Å². The molecule has 25 heavy (non-hydrogen) atoms. The second-order valence-electron chi connectivity index (χ2n) is 5.78. The van der Waals surface area contributed by atoms with Crippen molar-refractivity contribution >= 4 is 21.2 Å². The summed E-state index contributed by atoms with van der Waals surface area (Å²) in [4.78, 5) is 1.73. The maximum absolute atomic E-state index is 13.4. The Balaban J connectivity index is 2.03. The first-order valence-corrected chi connectivity index (χ1v) is 9.39. The molecule has 2 N–H and O–H groups in total. The third kappa shape index (κ3) is 3.59. The van der Waals surface area contributed by atoms with Gasteiger partial charge in [0.2, 0.25) is 9.84 Å². The lowest BCUT2D eigenvalue weighted by atomic mass is 10.2. The lowest BCUT2D eigenvalue weighted by Gasteiger charge is -2.30. The SMILES string of the molecule is CNc1cc(N2CCNCC2)ccc1S(=O)(=O)c1cc(F)cc(F)c1. The molecule has 0 amide bonds. The molecule has 1 saturated heterocycles. The Kier molecular flexibility index (Phi) is 4.91. The van der Waals surface area contributed by atoms with Crippen molar-refractivity contribution in [3.8, 4) is 0 Å². The zero-order valence-corrected chi connectivity index (χ0v) is 14.5. The highest BCUT2D eigenvalue weighted by Crippen LogP contribution is 2.32. The number of halogens is 2. The van der Waals surface area contributed by atoms with Crippen molar-refractivity contribution < 1.29 is 17.2 Å². The molecule has 0 spiro atoms. The summed E-state index contributed by atoms with van der Waals surface area (Å²) < 4.78 is 52.5. The van der Waals surface area contributed by atoms with E-state index in [1.165, 1.54) is 6.07 Å². The van der Waals surface area contributed by atoms with E-state index in [0.717, 1.165) is 44.0 Å². The molecule has 0 saturated carbocycles. The summed E-state index contributed by atoms with van der Waals surface area (Å²) in [6, 6.07) is 7.22. The Morgan fingerprint density at radius 2 is 1.68 bits per heavy atom. The van der Waals surface area contributed by atoms with Crippen LogP contribution in [0.5, 0.6) is 0 Å². The molecule has 3 rings (SSSR count). The molecule has 1 aliphatic heterocycles. The molecule has 1 heterocycles. The smallest absolute Gasteiger partial charge is 0.208 e. The Labute approximate surface area is 145 Å². The van der Waals surface area contributed by atoms with E-state index in [1.807, 2.05) is 0 Å². The van der Waals surface area contributed by atoms with Crippen molar-refractivity contribution in [3.63, 3.8) is 0 Å². The van der Waals surface area contributed by atoms with Crippen molar-refractivity contribution in [3.05, 3.63) is 48.0 Å². The van der Waals surface area contributed by atoms with Crippen LogP contribution < -0.4 is 15.5 Å². The zero-order chi connectivity index (χ0) is 18.0. The number of sulfone groups is 1. The number of piperazine rings is 1. The van der Waals surface area contributed by atoms with Gasteiger partial charge in [-0.05, 0) is 30.3 Å². The lowest BCUT2D eigenvalue weighted by molar-refractivity contribution is 0.567. The standard InChI is InChI=1S/C17H19F2N3O2S/c1-20-16-11-14(22-6-4-21-5-7-22)2-3-17(16)25(23,24)15-9-12(18)8-13(19)10-15/h2-3,8-11,20-21H,4-7H2,1H3. The first kappa shape index (κ1) is 17.6. The molecule has 0 aliphatic carbocycles. The average molecular weight is 367 g/mol. The van der Waals surface area contributed by atoms with Gasteiger partial charge in [0.25, 0.3) is 0 Å². The maximum atomic E-state index is 13.4. The third-order valence-corrected chi connectivity index (χ3v) is 5.94. The first-order chi connectivity index (χ1) is 11.9.